The van der Waals surface area contributed by atoms with Crippen LogP contribution in [0.3, 0.4) is 0 Å². The average Bonchev–Trinajstić information content (AvgIpc) is 2.65. The highest BCUT2D eigenvalue weighted by Gasteiger charge is 2.29. The molecule has 15 heavy (non-hydrogen) atoms. The van der Waals surface area contributed by atoms with E-state index >= 15 is 0 Å². The molecular formula is C6H11N3O5S. The van der Waals surface area contributed by atoms with E-state index in [0.717, 1.165) is 6.42 Å². The van der Waals surface area contributed by atoms with Crippen LogP contribution in [0.25, 0.3) is 0 Å². The van der Waals surface area contributed by atoms with Crippen molar-refractivity contribution in [1.82, 2.24) is 9.79 Å². The lowest BCUT2D eigenvalue weighted by molar-refractivity contribution is -0.164. The molecule has 0 aromatic carbocycles. The Bertz CT molecular complexity index is 276. The number of rotatable bonds is 2. The SMILES string of the molecule is NC(=O)N(OC(=O)[C@@H]1CCCN1)S(=O)O. The topological polar surface area (TPSA) is 122 Å². The normalized spacial score (nSPS) is 22.1. The molecular weight excluding hydrogens is 226 g/mol. The monoisotopic (exact) mass is 237 g/mol. The second-order valence-electron chi connectivity index (χ2n) is 2.89. The van der Waals surface area contributed by atoms with Crippen molar-refractivity contribution in [2.24, 2.45) is 5.73 Å². The molecule has 9 heteroatoms. The van der Waals surface area contributed by atoms with Gasteiger partial charge in [-0.1, -0.05) is 0 Å². The maximum absolute atomic E-state index is 11.3. The van der Waals surface area contributed by atoms with Gasteiger partial charge in [0.15, 0.2) is 0 Å². The predicted octanol–water partition coefficient (Wildman–Crippen LogP) is -1.29. The molecule has 86 valence electrons. The van der Waals surface area contributed by atoms with E-state index in [1.807, 2.05) is 0 Å². The van der Waals surface area contributed by atoms with Crippen molar-refractivity contribution in [1.29, 1.82) is 0 Å². The fraction of sp³-hybridized carbons (Fsp3) is 0.667. The number of carbonyl (C=O) groups is 2. The summed E-state index contributed by atoms with van der Waals surface area (Å²) in [6.07, 6.45) is 1.36. The summed E-state index contributed by atoms with van der Waals surface area (Å²) >= 11 is -2.77. The van der Waals surface area contributed by atoms with Crippen LogP contribution in [-0.2, 0) is 20.9 Å². The first kappa shape index (κ1) is 11.9. The van der Waals surface area contributed by atoms with Crippen molar-refractivity contribution in [3.8, 4) is 0 Å². The van der Waals surface area contributed by atoms with Gasteiger partial charge in [0.1, 0.15) is 6.04 Å². The largest absolute Gasteiger partial charge is 0.363 e. The third-order valence-corrected chi connectivity index (χ3v) is 2.38. The van der Waals surface area contributed by atoms with Crippen LogP contribution in [0.4, 0.5) is 4.79 Å². The molecule has 0 aromatic rings. The zero-order valence-corrected chi connectivity index (χ0v) is 8.53. The molecule has 0 radical (unpaired) electrons. The Morgan fingerprint density at radius 1 is 1.60 bits per heavy atom. The van der Waals surface area contributed by atoms with Gasteiger partial charge in [0.2, 0.25) is 0 Å². The lowest BCUT2D eigenvalue weighted by Gasteiger charge is -2.16. The number of nitrogens with two attached hydrogens (primary N) is 1. The Balaban J connectivity index is 2.54. The summed E-state index contributed by atoms with van der Waals surface area (Å²) in [5, 5.41) is 2.81. The van der Waals surface area contributed by atoms with Gasteiger partial charge >= 0.3 is 23.3 Å². The lowest BCUT2D eigenvalue weighted by atomic mass is 10.2. The lowest BCUT2D eigenvalue weighted by Crippen LogP contribution is -2.43. The fourth-order valence-electron chi connectivity index (χ4n) is 1.18. The second kappa shape index (κ2) is 5.05. The van der Waals surface area contributed by atoms with Crippen molar-refractivity contribution < 1.29 is 23.2 Å². The van der Waals surface area contributed by atoms with E-state index in [9.17, 15) is 13.8 Å². The van der Waals surface area contributed by atoms with E-state index in [1.54, 1.807) is 0 Å². The number of primary amides is 1. The van der Waals surface area contributed by atoms with Crippen LogP contribution < -0.4 is 11.1 Å². The number of nitrogens with zero attached hydrogens (tertiary/aromatic N) is 1. The maximum Gasteiger partial charge on any atom is 0.363 e. The van der Waals surface area contributed by atoms with Crippen molar-refractivity contribution in [2.75, 3.05) is 6.54 Å². The van der Waals surface area contributed by atoms with Crippen LogP contribution >= 0.6 is 0 Å². The maximum atomic E-state index is 11.3. The minimum atomic E-state index is -2.77. The summed E-state index contributed by atoms with van der Waals surface area (Å²) < 4.78 is 19.0. The first-order chi connectivity index (χ1) is 7.02. The van der Waals surface area contributed by atoms with Gasteiger partial charge in [0, 0.05) is 0 Å². The van der Waals surface area contributed by atoms with Gasteiger partial charge in [-0.05, 0) is 23.9 Å². The molecule has 0 aromatic heterocycles. The molecule has 0 bridgehead atoms. The second-order valence-corrected chi connectivity index (χ2v) is 3.68. The highest BCUT2D eigenvalue weighted by atomic mass is 32.2. The first-order valence-electron chi connectivity index (χ1n) is 4.18. The number of hydrogen-bond donors (Lipinski definition) is 3. The number of nitrogens with one attached hydrogen (secondary N) is 1. The Labute approximate surface area is 88.1 Å². The van der Waals surface area contributed by atoms with E-state index in [1.165, 1.54) is 0 Å². The van der Waals surface area contributed by atoms with Crippen LogP contribution in [0, 0.1) is 0 Å². The van der Waals surface area contributed by atoms with Gasteiger partial charge in [0.05, 0.1) is 0 Å². The van der Waals surface area contributed by atoms with E-state index in [-0.39, 0.29) is 4.47 Å². The van der Waals surface area contributed by atoms with E-state index in [0.29, 0.717) is 13.0 Å². The van der Waals surface area contributed by atoms with Crippen LogP contribution in [0.2, 0.25) is 0 Å². The highest BCUT2D eigenvalue weighted by Crippen LogP contribution is 2.08. The zero-order valence-electron chi connectivity index (χ0n) is 7.71. The van der Waals surface area contributed by atoms with Crippen molar-refractivity contribution >= 4 is 23.3 Å². The van der Waals surface area contributed by atoms with Gasteiger partial charge in [-0.25, -0.2) is 13.8 Å². The predicted molar refractivity (Wildman–Crippen MR) is 49.3 cm³/mol. The number of hydroxylamine groups is 1. The molecule has 4 N–H and O–H groups in total. The Kier molecular flexibility index (Phi) is 4.00. The van der Waals surface area contributed by atoms with Gasteiger partial charge in [-0.15, -0.1) is 0 Å². The number of amides is 2. The van der Waals surface area contributed by atoms with Crippen molar-refractivity contribution in [2.45, 2.75) is 18.9 Å². The number of carbonyl (C=O) groups excluding carboxylic acids is 2. The van der Waals surface area contributed by atoms with E-state index in [4.69, 9.17) is 10.3 Å². The van der Waals surface area contributed by atoms with E-state index in [2.05, 4.69) is 10.2 Å². The molecule has 1 saturated heterocycles. The Hall–Kier alpha value is -1.19. The summed E-state index contributed by atoms with van der Waals surface area (Å²) in [5.74, 6) is -0.798. The van der Waals surface area contributed by atoms with Crippen molar-refractivity contribution in [3.63, 3.8) is 0 Å². The molecule has 2 amide bonds. The molecule has 1 unspecified atom stereocenters. The zero-order chi connectivity index (χ0) is 11.4. The smallest absolute Gasteiger partial charge is 0.348 e. The molecule has 1 fully saturated rings. The molecule has 1 rings (SSSR count). The Morgan fingerprint density at radius 3 is 2.67 bits per heavy atom. The van der Waals surface area contributed by atoms with Crippen molar-refractivity contribution in [3.05, 3.63) is 0 Å². The molecule has 0 spiro atoms. The fourth-order valence-corrected chi connectivity index (χ4v) is 1.48. The molecule has 1 aliphatic heterocycles. The molecule has 0 aliphatic carbocycles. The van der Waals surface area contributed by atoms with Crippen LogP contribution in [0.1, 0.15) is 12.8 Å². The summed E-state index contributed by atoms with van der Waals surface area (Å²) in [4.78, 5) is 26.2. The minimum Gasteiger partial charge on any atom is -0.348 e. The van der Waals surface area contributed by atoms with Gasteiger partial charge < -0.3 is 15.9 Å². The third kappa shape index (κ3) is 3.15. The van der Waals surface area contributed by atoms with Crippen LogP contribution in [0.5, 0.6) is 0 Å². The summed E-state index contributed by atoms with van der Waals surface area (Å²) in [5.41, 5.74) is 4.72. The van der Waals surface area contributed by atoms with Crippen LogP contribution in [0.15, 0.2) is 0 Å². The molecule has 8 nitrogen and oxygen atoms in total. The number of urea groups is 1. The molecule has 1 heterocycles. The first-order valence-corrected chi connectivity index (χ1v) is 5.24. The summed E-state index contributed by atoms with van der Waals surface area (Å²) in [6.45, 7) is 0.665. The van der Waals surface area contributed by atoms with Gasteiger partial charge in [-0.3, -0.25) is 4.55 Å². The molecule has 2 atom stereocenters. The summed E-state index contributed by atoms with van der Waals surface area (Å²) in [7, 11) is 0. The van der Waals surface area contributed by atoms with Crippen LogP contribution in [-0.4, -0.2) is 37.8 Å². The Morgan fingerprint density at radius 2 is 2.27 bits per heavy atom. The molecule has 0 saturated carbocycles. The number of hydrogen-bond acceptors (Lipinski definition) is 5. The third-order valence-electron chi connectivity index (χ3n) is 1.84. The average molecular weight is 237 g/mol. The molecule has 1 aliphatic rings. The van der Waals surface area contributed by atoms with Gasteiger partial charge in [0.25, 0.3) is 0 Å². The van der Waals surface area contributed by atoms with E-state index < -0.39 is 29.3 Å². The van der Waals surface area contributed by atoms with Gasteiger partial charge in [-0.2, -0.15) is 0 Å². The quantitative estimate of drug-likeness (QED) is 0.406. The standard InChI is InChI=1S/C6H11N3O5S/c7-6(11)9(15(12)13)14-5(10)4-2-1-3-8-4/h4,8H,1-3H2,(H2,7,11)(H,12,13)/t4-/m0/s1. The minimum absolute atomic E-state index is 0.0810. The highest BCUT2D eigenvalue weighted by molar-refractivity contribution is 7.77. The summed E-state index contributed by atoms with van der Waals surface area (Å²) in [6, 6.07) is -1.86.